The lowest BCUT2D eigenvalue weighted by atomic mass is 9.99. The Bertz CT molecular complexity index is 217. The minimum absolute atomic E-state index is 0.295. The van der Waals surface area contributed by atoms with Crippen LogP contribution in [0.4, 0.5) is 0 Å². The van der Waals surface area contributed by atoms with E-state index in [1.54, 1.807) is 13.2 Å². The molecule has 86 valence electrons. The highest BCUT2D eigenvalue weighted by molar-refractivity contribution is 5.92. The monoisotopic (exact) mass is 210 g/mol. The molecule has 1 aliphatic rings. The van der Waals surface area contributed by atoms with Crippen molar-refractivity contribution in [1.82, 2.24) is 0 Å². The summed E-state index contributed by atoms with van der Waals surface area (Å²) in [4.78, 5) is 11.0. The summed E-state index contributed by atoms with van der Waals surface area (Å²) in [5.41, 5.74) is 0. The number of methoxy groups -OCH3 is 1. The third kappa shape index (κ3) is 4.61. The van der Waals surface area contributed by atoms with Crippen molar-refractivity contribution in [2.24, 2.45) is 5.92 Å². The molecule has 2 nitrogen and oxygen atoms in total. The van der Waals surface area contributed by atoms with E-state index in [9.17, 15) is 4.79 Å². The highest BCUT2D eigenvalue weighted by atomic mass is 16.5. The zero-order chi connectivity index (χ0) is 11.1. The molecule has 0 aliphatic heterocycles. The Morgan fingerprint density at radius 3 is 2.87 bits per heavy atom. The molecule has 2 unspecified atom stereocenters. The van der Waals surface area contributed by atoms with E-state index in [2.05, 4.69) is 13.0 Å². The summed E-state index contributed by atoms with van der Waals surface area (Å²) in [5, 5.41) is 0. The molecule has 0 saturated carbocycles. The predicted molar refractivity (Wildman–Crippen MR) is 61.8 cm³/mol. The highest BCUT2D eigenvalue weighted by Gasteiger charge is 2.15. The number of carbonyl (C=O) groups excluding carboxylic acids is 1. The van der Waals surface area contributed by atoms with Gasteiger partial charge < -0.3 is 4.74 Å². The SMILES string of the molecule is CCC(CCCCC1C=CC(=O)C1)OC. The van der Waals surface area contributed by atoms with Gasteiger partial charge in [0.15, 0.2) is 5.78 Å². The zero-order valence-electron chi connectivity index (χ0n) is 9.87. The van der Waals surface area contributed by atoms with Crippen molar-refractivity contribution in [2.75, 3.05) is 7.11 Å². The first-order valence-electron chi connectivity index (χ1n) is 6.00. The Morgan fingerprint density at radius 2 is 2.33 bits per heavy atom. The van der Waals surface area contributed by atoms with Gasteiger partial charge in [-0.3, -0.25) is 4.79 Å². The van der Waals surface area contributed by atoms with E-state index in [1.165, 1.54) is 12.8 Å². The van der Waals surface area contributed by atoms with E-state index in [0.29, 0.717) is 17.8 Å². The molecule has 0 amide bonds. The van der Waals surface area contributed by atoms with Crippen molar-refractivity contribution in [3.8, 4) is 0 Å². The maximum atomic E-state index is 11.0. The van der Waals surface area contributed by atoms with E-state index in [1.807, 2.05) is 0 Å². The van der Waals surface area contributed by atoms with Crippen LogP contribution in [0.25, 0.3) is 0 Å². The first-order chi connectivity index (χ1) is 7.26. The first kappa shape index (κ1) is 12.4. The Hall–Kier alpha value is -0.630. The lowest BCUT2D eigenvalue weighted by Gasteiger charge is -2.13. The van der Waals surface area contributed by atoms with Crippen molar-refractivity contribution in [2.45, 2.75) is 51.6 Å². The second-order valence-electron chi connectivity index (χ2n) is 4.34. The normalized spacial score (nSPS) is 22.3. The molecule has 0 fully saturated rings. The molecule has 2 atom stereocenters. The number of ether oxygens (including phenoxy) is 1. The van der Waals surface area contributed by atoms with Crippen LogP contribution in [0.1, 0.15) is 45.4 Å². The molecular weight excluding hydrogens is 188 g/mol. The third-order valence-corrected chi connectivity index (χ3v) is 3.16. The fourth-order valence-corrected chi connectivity index (χ4v) is 2.10. The predicted octanol–water partition coefficient (Wildman–Crippen LogP) is 3.12. The van der Waals surface area contributed by atoms with Gasteiger partial charge in [-0.2, -0.15) is 0 Å². The molecule has 1 rings (SSSR count). The second kappa shape index (κ2) is 6.78. The maximum absolute atomic E-state index is 11.0. The second-order valence-corrected chi connectivity index (χ2v) is 4.34. The van der Waals surface area contributed by atoms with Crippen LogP contribution in [0, 0.1) is 5.92 Å². The number of allylic oxidation sites excluding steroid dienone is 2. The standard InChI is InChI=1S/C13H22O2/c1-3-13(15-2)7-5-4-6-11-8-9-12(14)10-11/h8-9,11,13H,3-7,10H2,1-2H3. The van der Waals surface area contributed by atoms with Gasteiger partial charge in [-0.25, -0.2) is 0 Å². The van der Waals surface area contributed by atoms with Crippen LogP contribution >= 0.6 is 0 Å². The van der Waals surface area contributed by atoms with Gasteiger partial charge in [0.05, 0.1) is 6.10 Å². The molecule has 0 aromatic rings. The molecule has 2 heteroatoms. The number of hydrogen-bond donors (Lipinski definition) is 0. The highest BCUT2D eigenvalue weighted by Crippen LogP contribution is 2.21. The van der Waals surface area contributed by atoms with Crippen LogP contribution < -0.4 is 0 Å². The number of ketones is 1. The van der Waals surface area contributed by atoms with Gasteiger partial charge >= 0.3 is 0 Å². The van der Waals surface area contributed by atoms with Crippen LogP contribution in [0.3, 0.4) is 0 Å². The molecule has 0 aromatic heterocycles. The molecule has 0 saturated heterocycles. The molecule has 0 aromatic carbocycles. The van der Waals surface area contributed by atoms with Gasteiger partial charge in [0, 0.05) is 13.5 Å². The largest absolute Gasteiger partial charge is 0.381 e. The average molecular weight is 210 g/mol. The van der Waals surface area contributed by atoms with Crippen LogP contribution in [-0.4, -0.2) is 19.0 Å². The van der Waals surface area contributed by atoms with Crippen LogP contribution in [0.15, 0.2) is 12.2 Å². The van der Waals surface area contributed by atoms with Gasteiger partial charge in [0.2, 0.25) is 0 Å². The Kier molecular flexibility index (Phi) is 5.62. The summed E-state index contributed by atoms with van der Waals surface area (Å²) in [6.07, 6.45) is 10.8. The molecule has 0 spiro atoms. The minimum atomic E-state index is 0.295. The molecule has 0 heterocycles. The molecule has 1 aliphatic carbocycles. The molecular formula is C13H22O2. The van der Waals surface area contributed by atoms with Gasteiger partial charge in [-0.1, -0.05) is 25.8 Å². The topological polar surface area (TPSA) is 26.3 Å². The molecule has 15 heavy (non-hydrogen) atoms. The van der Waals surface area contributed by atoms with Gasteiger partial charge in [-0.05, 0) is 31.3 Å². The molecule has 0 radical (unpaired) electrons. The van der Waals surface area contributed by atoms with E-state index in [4.69, 9.17) is 4.74 Å². The summed E-state index contributed by atoms with van der Waals surface area (Å²) < 4.78 is 5.32. The fraction of sp³-hybridized carbons (Fsp3) is 0.769. The third-order valence-electron chi connectivity index (χ3n) is 3.16. The quantitative estimate of drug-likeness (QED) is 0.603. The summed E-state index contributed by atoms with van der Waals surface area (Å²) in [5.74, 6) is 0.809. The van der Waals surface area contributed by atoms with E-state index in [0.717, 1.165) is 25.7 Å². The van der Waals surface area contributed by atoms with Crippen molar-refractivity contribution in [1.29, 1.82) is 0 Å². The summed E-state index contributed by atoms with van der Waals surface area (Å²) >= 11 is 0. The van der Waals surface area contributed by atoms with Crippen molar-refractivity contribution < 1.29 is 9.53 Å². The molecule has 0 N–H and O–H groups in total. The Labute approximate surface area is 92.7 Å². The Morgan fingerprint density at radius 1 is 1.53 bits per heavy atom. The van der Waals surface area contributed by atoms with Crippen molar-refractivity contribution in [3.63, 3.8) is 0 Å². The summed E-state index contributed by atoms with van der Waals surface area (Å²) in [6, 6.07) is 0. The number of hydrogen-bond acceptors (Lipinski definition) is 2. The average Bonchev–Trinajstić information content (AvgIpc) is 2.65. The van der Waals surface area contributed by atoms with Crippen LogP contribution in [0.2, 0.25) is 0 Å². The zero-order valence-corrected chi connectivity index (χ0v) is 9.87. The molecule has 0 bridgehead atoms. The number of carbonyl (C=O) groups is 1. The van der Waals surface area contributed by atoms with Gasteiger partial charge in [-0.15, -0.1) is 0 Å². The van der Waals surface area contributed by atoms with Gasteiger partial charge in [0.1, 0.15) is 0 Å². The van der Waals surface area contributed by atoms with E-state index in [-0.39, 0.29) is 0 Å². The minimum Gasteiger partial charge on any atom is -0.381 e. The van der Waals surface area contributed by atoms with E-state index >= 15 is 0 Å². The number of unbranched alkanes of at least 4 members (excludes halogenated alkanes) is 1. The van der Waals surface area contributed by atoms with Gasteiger partial charge in [0.25, 0.3) is 0 Å². The van der Waals surface area contributed by atoms with E-state index < -0.39 is 0 Å². The smallest absolute Gasteiger partial charge is 0.155 e. The maximum Gasteiger partial charge on any atom is 0.155 e. The Balaban J connectivity index is 2.02. The lowest BCUT2D eigenvalue weighted by Crippen LogP contribution is -2.08. The van der Waals surface area contributed by atoms with Crippen molar-refractivity contribution >= 4 is 5.78 Å². The fourth-order valence-electron chi connectivity index (χ4n) is 2.10. The lowest BCUT2D eigenvalue weighted by molar-refractivity contribution is -0.114. The number of rotatable bonds is 7. The van der Waals surface area contributed by atoms with Crippen LogP contribution in [0.5, 0.6) is 0 Å². The summed E-state index contributed by atoms with van der Waals surface area (Å²) in [6.45, 7) is 2.16. The van der Waals surface area contributed by atoms with Crippen LogP contribution in [-0.2, 0) is 9.53 Å². The summed E-state index contributed by atoms with van der Waals surface area (Å²) in [7, 11) is 1.78. The van der Waals surface area contributed by atoms with Crippen molar-refractivity contribution in [3.05, 3.63) is 12.2 Å². The first-order valence-corrected chi connectivity index (χ1v) is 6.00.